The molecular formula is C30H40ClN3O6. The third-order valence-corrected chi connectivity index (χ3v) is 6.65. The van der Waals surface area contributed by atoms with E-state index < -0.39 is 11.9 Å². The van der Waals surface area contributed by atoms with Crippen molar-refractivity contribution in [1.29, 1.82) is 0 Å². The van der Waals surface area contributed by atoms with Crippen LogP contribution in [-0.4, -0.2) is 56.7 Å². The summed E-state index contributed by atoms with van der Waals surface area (Å²) in [5, 5.41) is 8.97. The summed E-state index contributed by atoms with van der Waals surface area (Å²) in [5.41, 5.74) is 1.32. The van der Waals surface area contributed by atoms with Crippen molar-refractivity contribution >= 4 is 29.3 Å². The molecule has 9 nitrogen and oxygen atoms in total. The largest absolute Gasteiger partial charge is 0.493 e. The Kier molecular flexibility index (Phi) is 12.9. The van der Waals surface area contributed by atoms with Gasteiger partial charge in [0.2, 0.25) is 11.8 Å². The van der Waals surface area contributed by atoms with Gasteiger partial charge < -0.3 is 30.2 Å². The normalized spacial score (nSPS) is 16.7. The number of benzene rings is 2. The van der Waals surface area contributed by atoms with Gasteiger partial charge in [-0.1, -0.05) is 17.7 Å². The van der Waals surface area contributed by atoms with E-state index in [1.165, 1.54) is 6.07 Å². The average molecular weight is 574 g/mol. The second-order valence-corrected chi connectivity index (χ2v) is 9.94. The van der Waals surface area contributed by atoms with Crippen LogP contribution in [0.25, 0.3) is 0 Å². The van der Waals surface area contributed by atoms with Gasteiger partial charge in [-0.05, 0) is 88.3 Å². The monoisotopic (exact) mass is 573 g/mol. The average Bonchev–Trinajstić information content (AvgIpc) is 2.94. The number of hydrogen-bond acceptors (Lipinski definition) is 6. The quantitative estimate of drug-likeness (QED) is 0.382. The molecule has 0 aromatic heterocycles. The number of carbonyl (C=O) groups excluding carboxylic acids is 3. The molecule has 1 aliphatic heterocycles. The lowest BCUT2D eigenvalue weighted by Gasteiger charge is -2.19. The Morgan fingerprint density at radius 1 is 1.05 bits per heavy atom. The first-order chi connectivity index (χ1) is 19.4. The first-order valence-corrected chi connectivity index (χ1v) is 14.4. The topological polar surface area (TPSA) is 115 Å². The fourth-order valence-corrected chi connectivity index (χ4v) is 4.54. The number of halogens is 1. The summed E-state index contributed by atoms with van der Waals surface area (Å²) in [6.45, 7) is 6.33. The molecular weight excluding hydrogens is 534 g/mol. The molecule has 1 aliphatic rings. The molecule has 0 spiro atoms. The van der Waals surface area contributed by atoms with Crippen LogP contribution in [0.3, 0.4) is 0 Å². The summed E-state index contributed by atoms with van der Waals surface area (Å²) in [6.07, 6.45) is 4.16. The molecule has 2 aromatic carbocycles. The molecule has 2 aromatic rings. The van der Waals surface area contributed by atoms with Crippen LogP contribution in [0.2, 0.25) is 5.02 Å². The summed E-state index contributed by atoms with van der Waals surface area (Å²) in [5.74, 6) is 0.835. The third kappa shape index (κ3) is 9.93. The van der Waals surface area contributed by atoms with Gasteiger partial charge in [-0.25, -0.2) is 0 Å². The number of hydrogen-bond donors (Lipinski definition) is 3. The van der Waals surface area contributed by atoms with Crippen molar-refractivity contribution in [3.8, 4) is 17.2 Å². The lowest BCUT2D eigenvalue weighted by molar-refractivity contribution is -0.124. The highest BCUT2D eigenvalue weighted by atomic mass is 35.5. The molecule has 1 atom stereocenters. The lowest BCUT2D eigenvalue weighted by atomic mass is 10.1. The van der Waals surface area contributed by atoms with Gasteiger partial charge in [0.1, 0.15) is 11.8 Å². The highest BCUT2D eigenvalue weighted by molar-refractivity contribution is 6.31. The van der Waals surface area contributed by atoms with Crippen LogP contribution in [0.15, 0.2) is 36.4 Å². The Morgan fingerprint density at radius 2 is 1.85 bits per heavy atom. The van der Waals surface area contributed by atoms with Gasteiger partial charge in [0.15, 0.2) is 11.5 Å². The maximum absolute atomic E-state index is 13.2. The van der Waals surface area contributed by atoms with E-state index in [-0.39, 0.29) is 30.2 Å². The van der Waals surface area contributed by atoms with E-state index in [2.05, 4.69) is 16.0 Å². The van der Waals surface area contributed by atoms with Crippen molar-refractivity contribution in [1.82, 2.24) is 16.0 Å². The number of amides is 3. The van der Waals surface area contributed by atoms with E-state index in [1.807, 2.05) is 32.0 Å². The van der Waals surface area contributed by atoms with Gasteiger partial charge in [-0.3, -0.25) is 14.4 Å². The Labute approximate surface area is 241 Å². The van der Waals surface area contributed by atoms with Crippen molar-refractivity contribution in [3.63, 3.8) is 0 Å². The van der Waals surface area contributed by atoms with Gasteiger partial charge in [0.05, 0.1) is 25.4 Å². The van der Waals surface area contributed by atoms with Crippen LogP contribution in [0.4, 0.5) is 0 Å². The number of rotatable bonds is 9. The number of fused-ring (bicyclic) bond motifs is 1. The summed E-state index contributed by atoms with van der Waals surface area (Å²) in [4.78, 5) is 38.7. The van der Waals surface area contributed by atoms with E-state index in [9.17, 15) is 14.4 Å². The van der Waals surface area contributed by atoms with Crippen molar-refractivity contribution in [2.45, 2.75) is 64.8 Å². The van der Waals surface area contributed by atoms with Crippen molar-refractivity contribution < 1.29 is 28.6 Å². The van der Waals surface area contributed by atoms with Crippen molar-refractivity contribution in [2.75, 3.05) is 32.9 Å². The molecule has 0 saturated heterocycles. The maximum Gasteiger partial charge on any atom is 0.255 e. The Hall–Kier alpha value is -3.46. The van der Waals surface area contributed by atoms with Crippen molar-refractivity contribution in [2.24, 2.45) is 0 Å². The molecule has 218 valence electrons. The first-order valence-electron chi connectivity index (χ1n) is 14.1. The second-order valence-electron chi connectivity index (χ2n) is 9.51. The highest BCUT2D eigenvalue weighted by Crippen LogP contribution is 2.29. The molecule has 0 radical (unpaired) electrons. The standard InChI is InChI=1S/C30H40ClN3O6/c1-3-38-26-13-10-21(19-27(26)39-4-2)9-8-17-33-30(37)24-12-15-28(35)32-16-6-5-7-18-40-25-14-11-22(31)20-23(25)29(36)34-24/h10-11,13-14,19-20,24H,3-9,12,15-18H2,1-2H3,(H,32,35)(H,33,37)(H,34,36)/t24-/m0/s1. The minimum atomic E-state index is -0.898. The molecule has 0 saturated carbocycles. The summed E-state index contributed by atoms with van der Waals surface area (Å²) >= 11 is 6.16. The molecule has 1 heterocycles. The predicted octanol–water partition coefficient (Wildman–Crippen LogP) is 4.44. The molecule has 3 N–H and O–H groups in total. The molecule has 3 amide bonds. The van der Waals surface area contributed by atoms with E-state index in [4.69, 9.17) is 25.8 Å². The highest BCUT2D eigenvalue weighted by Gasteiger charge is 2.24. The smallest absolute Gasteiger partial charge is 0.255 e. The van der Waals surface area contributed by atoms with Gasteiger partial charge in [0, 0.05) is 24.5 Å². The summed E-state index contributed by atoms with van der Waals surface area (Å²) < 4.78 is 17.2. The minimum Gasteiger partial charge on any atom is -0.493 e. The fourth-order valence-electron chi connectivity index (χ4n) is 4.37. The SMILES string of the molecule is CCOc1ccc(CCCNC(=O)[C@@H]2CCC(=O)NCCCCCOc3ccc(Cl)cc3C(=O)N2)cc1OCC. The zero-order chi connectivity index (χ0) is 28.7. The van der Waals surface area contributed by atoms with Gasteiger partial charge in [-0.2, -0.15) is 0 Å². The first kappa shape index (κ1) is 31.1. The van der Waals surface area contributed by atoms with Crippen molar-refractivity contribution in [3.05, 3.63) is 52.5 Å². The van der Waals surface area contributed by atoms with E-state index >= 15 is 0 Å². The minimum absolute atomic E-state index is 0.115. The third-order valence-electron chi connectivity index (χ3n) is 6.42. The number of carbonyl (C=O) groups is 3. The molecule has 3 rings (SSSR count). The summed E-state index contributed by atoms with van der Waals surface area (Å²) in [6, 6.07) is 9.79. The van der Waals surface area contributed by atoms with Crippen LogP contribution < -0.4 is 30.2 Å². The number of ether oxygens (including phenoxy) is 3. The van der Waals surface area contributed by atoms with Crippen LogP contribution >= 0.6 is 11.6 Å². The van der Waals surface area contributed by atoms with Crippen LogP contribution in [-0.2, 0) is 16.0 Å². The van der Waals surface area contributed by atoms with E-state index in [0.717, 1.165) is 31.2 Å². The van der Waals surface area contributed by atoms with Gasteiger partial charge in [0.25, 0.3) is 5.91 Å². The number of aryl methyl sites for hydroxylation is 1. The zero-order valence-electron chi connectivity index (χ0n) is 23.4. The Balaban J connectivity index is 1.64. The molecule has 0 aliphatic carbocycles. The number of nitrogens with one attached hydrogen (secondary N) is 3. The molecule has 0 fully saturated rings. The summed E-state index contributed by atoms with van der Waals surface area (Å²) in [7, 11) is 0. The molecule has 40 heavy (non-hydrogen) atoms. The molecule has 0 bridgehead atoms. The maximum atomic E-state index is 13.2. The Bertz CT molecular complexity index is 1140. The predicted molar refractivity (Wildman–Crippen MR) is 154 cm³/mol. The van der Waals surface area contributed by atoms with E-state index in [0.29, 0.717) is 61.6 Å². The molecule has 0 unspecified atom stereocenters. The Morgan fingerprint density at radius 3 is 2.65 bits per heavy atom. The zero-order valence-corrected chi connectivity index (χ0v) is 24.1. The van der Waals surface area contributed by atoms with Crippen LogP contribution in [0.5, 0.6) is 17.2 Å². The van der Waals surface area contributed by atoms with Crippen LogP contribution in [0.1, 0.15) is 68.3 Å². The molecule has 10 heteroatoms. The van der Waals surface area contributed by atoms with Crippen LogP contribution in [0, 0.1) is 0 Å². The van der Waals surface area contributed by atoms with Gasteiger partial charge in [-0.15, -0.1) is 0 Å². The fraction of sp³-hybridized carbons (Fsp3) is 0.500. The van der Waals surface area contributed by atoms with Gasteiger partial charge >= 0.3 is 0 Å². The van der Waals surface area contributed by atoms with E-state index in [1.54, 1.807) is 12.1 Å². The second kappa shape index (κ2) is 16.6. The lowest BCUT2D eigenvalue weighted by Crippen LogP contribution is -2.47.